The number of phenolic OH excluding ortho intramolecular Hbond substituents is 1. The van der Waals surface area contributed by atoms with Crippen molar-refractivity contribution in [2.75, 3.05) is 20.1 Å². The molecule has 1 N–H and O–H groups in total. The summed E-state index contributed by atoms with van der Waals surface area (Å²) in [6.07, 6.45) is 5.38. The van der Waals surface area contributed by atoms with Gasteiger partial charge in [0.05, 0.1) is 4.90 Å². The summed E-state index contributed by atoms with van der Waals surface area (Å²) in [6, 6.07) is 6.48. The molecule has 5 nitrogen and oxygen atoms in total. The van der Waals surface area contributed by atoms with E-state index >= 15 is 0 Å². The summed E-state index contributed by atoms with van der Waals surface area (Å²) in [4.78, 5) is 2.72. The topological polar surface area (TPSA) is 60.9 Å². The summed E-state index contributed by atoms with van der Waals surface area (Å²) < 4.78 is 27.1. The van der Waals surface area contributed by atoms with Crippen LogP contribution in [0.5, 0.6) is 5.75 Å². The lowest BCUT2D eigenvalue weighted by Crippen LogP contribution is -2.41. The molecule has 6 heteroatoms. The Bertz CT molecular complexity index is 669. The molecule has 2 fully saturated rings. The molecule has 24 heavy (non-hydrogen) atoms. The van der Waals surface area contributed by atoms with Crippen LogP contribution >= 0.6 is 0 Å². The third-order valence-electron chi connectivity index (χ3n) is 5.72. The van der Waals surface area contributed by atoms with E-state index < -0.39 is 10.0 Å². The third kappa shape index (κ3) is 3.60. The summed E-state index contributed by atoms with van der Waals surface area (Å²) in [6.45, 7) is 4.59. The van der Waals surface area contributed by atoms with Crippen LogP contribution in [0.4, 0.5) is 0 Å². The van der Waals surface area contributed by atoms with Crippen LogP contribution in [0.2, 0.25) is 0 Å². The Morgan fingerprint density at radius 1 is 1.17 bits per heavy atom. The minimum atomic E-state index is -3.55. The smallest absolute Gasteiger partial charge is 0.243 e. The highest BCUT2D eigenvalue weighted by Crippen LogP contribution is 2.33. The van der Waals surface area contributed by atoms with Crippen molar-refractivity contribution in [2.24, 2.45) is 5.92 Å². The zero-order valence-corrected chi connectivity index (χ0v) is 15.4. The zero-order valence-electron chi connectivity index (χ0n) is 14.6. The number of likely N-dealkylation sites (tertiary alicyclic amines) is 1. The molecule has 0 spiro atoms. The molecule has 0 unspecified atom stereocenters. The minimum absolute atomic E-state index is 0.0174. The van der Waals surface area contributed by atoms with Gasteiger partial charge in [-0.2, -0.15) is 4.31 Å². The molecule has 0 amide bonds. The number of piperidine rings is 1. The van der Waals surface area contributed by atoms with E-state index in [9.17, 15) is 13.5 Å². The van der Waals surface area contributed by atoms with Gasteiger partial charge in [0, 0.05) is 19.1 Å². The van der Waals surface area contributed by atoms with Gasteiger partial charge in [0.25, 0.3) is 0 Å². The van der Waals surface area contributed by atoms with Gasteiger partial charge in [0.2, 0.25) is 10.0 Å². The average molecular weight is 353 g/mol. The molecular formula is C18H28N2O3S. The average Bonchev–Trinajstić information content (AvgIpc) is 3.04. The van der Waals surface area contributed by atoms with E-state index in [1.807, 2.05) is 0 Å². The quantitative estimate of drug-likeness (QED) is 0.905. The van der Waals surface area contributed by atoms with Gasteiger partial charge >= 0.3 is 0 Å². The van der Waals surface area contributed by atoms with Gasteiger partial charge in [-0.25, -0.2) is 8.42 Å². The molecule has 1 aromatic rings. The number of sulfonamides is 1. The van der Waals surface area contributed by atoms with Crippen molar-refractivity contribution in [3.8, 4) is 5.75 Å². The van der Waals surface area contributed by atoms with E-state index in [4.69, 9.17) is 0 Å². The van der Waals surface area contributed by atoms with E-state index in [0.717, 1.165) is 38.3 Å². The van der Waals surface area contributed by atoms with Crippen molar-refractivity contribution in [2.45, 2.75) is 56.0 Å². The lowest BCUT2D eigenvalue weighted by Gasteiger charge is -2.35. The highest BCUT2D eigenvalue weighted by molar-refractivity contribution is 7.89. The second-order valence-electron chi connectivity index (χ2n) is 7.36. The normalized spacial score (nSPS) is 27.0. The van der Waals surface area contributed by atoms with E-state index in [1.165, 1.54) is 29.3 Å². The Labute approximate surface area is 145 Å². The van der Waals surface area contributed by atoms with Gasteiger partial charge in [0.15, 0.2) is 0 Å². The van der Waals surface area contributed by atoms with Crippen molar-refractivity contribution >= 4 is 10.0 Å². The fourth-order valence-corrected chi connectivity index (χ4v) is 5.43. The lowest BCUT2D eigenvalue weighted by atomic mass is 9.97. The number of nitrogens with zero attached hydrogens (tertiary/aromatic N) is 2. The fourth-order valence-electron chi connectivity index (χ4n) is 4.00. The number of aromatic hydroxyl groups is 1. The van der Waals surface area contributed by atoms with Gasteiger partial charge in [-0.3, -0.25) is 0 Å². The van der Waals surface area contributed by atoms with Crippen LogP contribution in [0.25, 0.3) is 0 Å². The predicted molar refractivity (Wildman–Crippen MR) is 94.5 cm³/mol. The van der Waals surface area contributed by atoms with Crippen LogP contribution < -0.4 is 0 Å². The van der Waals surface area contributed by atoms with Gasteiger partial charge in [-0.1, -0.05) is 13.0 Å². The Morgan fingerprint density at radius 2 is 1.88 bits per heavy atom. The Hall–Kier alpha value is -1.11. The van der Waals surface area contributed by atoms with Gasteiger partial charge in [0.1, 0.15) is 5.75 Å². The molecule has 1 aromatic carbocycles. The van der Waals surface area contributed by atoms with Crippen molar-refractivity contribution in [3.63, 3.8) is 0 Å². The largest absolute Gasteiger partial charge is 0.508 e. The molecule has 0 radical (unpaired) electrons. The second kappa shape index (κ2) is 7.02. The summed E-state index contributed by atoms with van der Waals surface area (Å²) in [5.41, 5.74) is 0. The second-order valence-corrected chi connectivity index (χ2v) is 9.36. The standard InChI is InChI=1S/C18H28N2O3S/c1-14-8-10-20(11-9-14)16-7-6-15(12-16)19(2)24(22,23)18-5-3-4-17(21)13-18/h3-5,13-16,21H,6-12H2,1-2H3/t15-,16+/m1/s1. The number of hydrogen-bond donors (Lipinski definition) is 1. The van der Waals surface area contributed by atoms with E-state index in [1.54, 1.807) is 19.2 Å². The first-order valence-electron chi connectivity index (χ1n) is 8.89. The number of phenols is 1. The van der Waals surface area contributed by atoms with E-state index in [2.05, 4.69) is 11.8 Å². The van der Waals surface area contributed by atoms with Gasteiger partial charge in [-0.05, 0) is 69.3 Å². The Balaban J connectivity index is 1.66. The third-order valence-corrected chi connectivity index (χ3v) is 7.63. The maximum absolute atomic E-state index is 12.8. The molecule has 1 saturated heterocycles. The van der Waals surface area contributed by atoms with E-state index in [-0.39, 0.29) is 16.7 Å². The van der Waals surface area contributed by atoms with Crippen LogP contribution in [-0.2, 0) is 10.0 Å². The summed E-state index contributed by atoms with van der Waals surface area (Å²) in [7, 11) is -1.88. The van der Waals surface area contributed by atoms with E-state index in [0.29, 0.717) is 6.04 Å². The molecule has 2 aliphatic rings. The van der Waals surface area contributed by atoms with Gasteiger partial charge in [-0.15, -0.1) is 0 Å². The predicted octanol–water partition coefficient (Wildman–Crippen LogP) is 2.67. The van der Waals surface area contributed by atoms with Crippen LogP contribution in [-0.4, -0.2) is 55.0 Å². The lowest BCUT2D eigenvalue weighted by molar-refractivity contribution is 0.136. The van der Waals surface area contributed by atoms with Crippen LogP contribution in [0.3, 0.4) is 0 Å². The molecule has 1 aliphatic carbocycles. The van der Waals surface area contributed by atoms with Crippen LogP contribution in [0.15, 0.2) is 29.2 Å². The highest BCUT2D eigenvalue weighted by Gasteiger charge is 2.37. The molecule has 134 valence electrons. The number of rotatable bonds is 4. The maximum atomic E-state index is 12.8. The molecule has 0 aromatic heterocycles. The zero-order chi connectivity index (χ0) is 17.3. The highest BCUT2D eigenvalue weighted by atomic mass is 32.2. The molecule has 1 heterocycles. The molecular weight excluding hydrogens is 324 g/mol. The Kier molecular flexibility index (Phi) is 5.18. The SMILES string of the molecule is CC1CCN([C@H]2CC[C@@H](N(C)S(=O)(=O)c3cccc(O)c3)C2)CC1. The van der Waals surface area contributed by atoms with Gasteiger partial charge < -0.3 is 10.0 Å². The first kappa shape index (κ1) is 17.7. The van der Waals surface area contributed by atoms with Crippen LogP contribution in [0, 0.1) is 5.92 Å². The summed E-state index contributed by atoms with van der Waals surface area (Å²) >= 11 is 0. The molecule has 1 saturated carbocycles. The minimum Gasteiger partial charge on any atom is -0.508 e. The number of benzene rings is 1. The van der Waals surface area contributed by atoms with Crippen molar-refractivity contribution < 1.29 is 13.5 Å². The van der Waals surface area contributed by atoms with Crippen molar-refractivity contribution in [3.05, 3.63) is 24.3 Å². The van der Waals surface area contributed by atoms with Crippen molar-refractivity contribution in [1.29, 1.82) is 0 Å². The number of hydrogen-bond acceptors (Lipinski definition) is 4. The molecule has 3 rings (SSSR count). The Morgan fingerprint density at radius 3 is 2.54 bits per heavy atom. The monoisotopic (exact) mass is 352 g/mol. The first-order chi connectivity index (χ1) is 11.4. The summed E-state index contributed by atoms with van der Waals surface area (Å²) in [5.74, 6) is 0.795. The van der Waals surface area contributed by atoms with Crippen LogP contribution in [0.1, 0.15) is 39.0 Å². The van der Waals surface area contributed by atoms with Crippen molar-refractivity contribution in [1.82, 2.24) is 9.21 Å². The molecule has 1 aliphatic heterocycles. The fraction of sp³-hybridized carbons (Fsp3) is 0.667. The maximum Gasteiger partial charge on any atom is 0.243 e. The molecule has 0 bridgehead atoms. The summed E-state index contributed by atoms with van der Waals surface area (Å²) in [5, 5.41) is 9.57. The molecule has 2 atom stereocenters. The first-order valence-corrected chi connectivity index (χ1v) is 10.3.